The second-order valence-electron chi connectivity index (χ2n) is 6.25. The van der Waals surface area contributed by atoms with Crippen molar-refractivity contribution in [1.82, 2.24) is 10.9 Å². The molecule has 0 aromatic heterocycles. The lowest BCUT2D eigenvalue weighted by Crippen LogP contribution is -2.44. The molecule has 1 aromatic rings. The monoisotopic (exact) mass is 333 g/mol. The van der Waals surface area contributed by atoms with E-state index in [1.54, 1.807) is 20.8 Å². The first-order valence-electron chi connectivity index (χ1n) is 7.42. The molecule has 24 heavy (non-hydrogen) atoms. The summed E-state index contributed by atoms with van der Waals surface area (Å²) in [6.07, 6.45) is -0.386. The van der Waals surface area contributed by atoms with Crippen molar-refractivity contribution in [3.8, 4) is 0 Å². The normalized spacial score (nSPS) is 14.5. The predicted octanol–water partition coefficient (Wildman–Crippen LogP) is 1.51. The van der Waals surface area contributed by atoms with Gasteiger partial charge in [0.1, 0.15) is 5.60 Å². The highest BCUT2D eigenvalue weighted by Gasteiger charge is 2.30. The number of carbonyl (C=O) groups is 4. The highest BCUT2D eigenvalue weighted by atomic mass is 16.6. The standard InChI is InChI=1S/C16H19N3O5/c1-16(2,3)24-15(23)18-17-14(22)10-4-6-11(7-5-10)19-12(20)8-9-13(19)21/h4-7H,8-9H2,1-3H3,(H,17,22)(H,18,23). The van der Waals surface area contributed by atoms with Crippen molar-refractivity contribution < 1.29 is 23.9 Å². The summed E-state index contributed by atoms with van der Waals surface area (Å²) in [4.78, 5) is 47.8. The van der Waals surface area contributed by atoms with Gasteiger partial charge in [0, 0.05) is 18.4 Å². The molecule has 0 saturated carbocycles. The van der Waals surface area contributed by atoms with E-state index in [4.69, 9.17) is 4.74 Å². The third kappa shape index (κ3) is 4.31. The van der Waals surface area contributed by atoms with E-state index in [9.17, 15) is 19.2 Å². The Morgan fingerprint density at radius 1 is 1.00 bits per heavy atom. The molecule has 2 N–H and O–H groups in total. The number of anilines is 1. The molecule has 4 amide bonds. The Balaban J connectivity index is 1.95. The van der Waals surface area contributed by atoms with Crippen LogP contribution in [0.5, 0.6) is 0 Å². The van der Waals surface area contributed by atoms with Crippen LogP contribution in [0.4, 0.5) is 10.5 Å². The molecule has 128 valence electrons. The summed E-state index contributed by atoms with van der Waals surface area (Å²) in [5, 5.41) is 0. The Morgan fingerprint density at radius 2 is 1.54 bits per heavy atom. The summed E-state index contributed by atoms with van der Waals surface area (Å²) in [6, 6.07) is 5.92. The zero-order chi connectivity index (χ0) is 17.9. The van der Waals surface area contributed by atoms with E-state index in [-0.39, 0.29) is 30.2 Å². The van der Waals surface area contributed by atoms with Gasteiger partial charge < -0.3 is 4.74 Å². The summed E-state index contributed by atoms with van der Waals surface area (Å²) < 4.78 is 4.99. The van der Waals surface area contributed by atoms with Crippen LogP contribution in [0.25, 0.3) is 0 Å². The number of nitrogens with one attached hydrogen (secondary N) is 2. The van der Waals surface area contributed by atoms with E-state index in [1.807, 2.05) is 0 Å². The maximum absolute atomic E-state index is 11.9. The molecule has 0 spiro atoms. The van der Waals surface area contributed by atoms with Gasteiger partial charge in [-0.2, -0.15) is 0 Å². The van der Waals surface area contributed by atoms with Gasteiger partial charge in [0.15, 0.2) is 0 Å². The molecule has 1 fully saturated rings. The van der Waals surface area contributed by atoms with Gasteiger partial charge in [-0.05, 0) is 45.0 Å². The number of imide groups is 1. The number of rotatable bonds is 2. The Bertz CT molecular complexity index is 660. The summed E-state index contributed by atoms with van der Waals surface area (Å²) in [6.45, 7) is 5.11. The molecule has 8 nitrogen and oxygen atoms in total. The lowest BCUT2D eigenvalue weighted by Gasteiger charge is -2.19. The second-order valence-corrected chi connectivity index (χ2v) is 6.25. The van der Waals surface area contributed by atoms with Crippen molar-refractivity contribution in [2.45, 2.75) is 39.2 Å². The summed E-state index contributed by atoms with van der Waals surface area (Å²) in [5.41, 5.74) is 4.36. The van der Waals surface area contributed by atoms with E-state index < -0.39 is 17.6 Å². The highest BCUT2D eigenvalue weighted by Crippen LogP contribution is 2.22. The average molecular weight is 333 g/mol. The van der Waals surface area contributed by atoms with Crippen LogP contribution in [0.2, 0.25) is 0 Å². The van der Waals surface area contributed by atoms with Crippen LogP contribution in [0.1, 0.15) is 44.0 Å². The number of ether oxygens (including phenoxy) is 1. The summed E-state index contributed by atoms with van der Waals surface area (Å²) in [5.74, 6) is -1.07. The third-order valence-corrected chi connectivity index (χ3v) is 3.12. The van der Waals surface area contributed by atoms with Crippen molar-refractivity contribution in [2.75, 3.05) is 4.90 Å². The lowest BCUT2D eigenvalue weighted by molar-refractivity contribution is -0.121. The van der Waals surface area contributed by atoms with E-state index >= 15 is 0 Å². The first-order chi connectivity index (χ1) is 11.2. The van der Waals surface area contributed by atoms with Gasteiger partial charge in [0.25, 0.3) is 5.91 Å². The molecule has 0 unspecified atom stereocenters. The van der Waals surface area contributed by atoms with Gasteiger partial charge in [-0.15, -0.1) is 0 Å². The predicted molar refractivity (Wildman–Crippen MR) is 85.0 cm³/mol. The summed E-state index contributed by atoms with van der Waals surface area (Å²) in [7, 11) is 0. The molecule has 1 heterocycles. The molecule has 0 radical (unpaired) electrons. The fourth-order valence-electron chi connectivity index (χ4n) is 2.11. The van der Waals surface area contributed by atoms with Crippen molar-refractivity contribution in [2.24, 2.45) is 0 Å². The molecule has 0 aliphatic carbocycles. The minimum absolute atomic E-state index is 0.195. The molecule has 2 rings (SSSR count). The lowest BCUT2D eigenvalue weighted by atomic mass is 10.2. The van der Waals surface area contributed by atoms with Crippen molar-refractivity contribution in [1.29, 1.82) is 0 Å². The van der Waals surface area contributed by atoms with Gasteiger partial charge in [0.05, 0.1) is 5.69 Å². The van der Waals surface area contributed by atoms with E-state index in [2.05, 4.69) is 10.9 Å². The van der Waals surface area contributed by atoms with Crippen molar-refractivity contribution in [3.05, 3.63) is 29.8 Å². The molecule has 1 aromatic carbocycles. The zero-order valence-corrected chi connectivity index (χ0v) is 13.7. The Morgan fingerprint density at radius 3 is 2.04 bits per heavy atom. The van der Waals surface area contributed by atoms with E-state index in [1.165, 1.54) is 24.3 Å². The van der Waals surface area contributed by atoms with Crippen LogP contribution < -0.4 is 15.8 Å². The fraction of sp³-hybridized carbons (Fsp3) is 0.375. The van der Waals surface area contributed by atoms with E-state index in [0.717, 1.165) is 4.90 Å². The number of hydrogen-bond donors (Lipinski definition) is 2. The minimum Gasteiger partial charge on any atom is -0.443 e. The molecule has 0 bridgehead atoms. The Labute approximate surface area is 139 Å². The maximum Gasteiger partial charge on any atom is 0.426 e. The number of carbonyl (C=O) groups excluding carboxylic acids is 4. The topological polar surface area (TPSA) is 105 Å². The molecule has 1 saturated heterocycles. The van der Waals surface area contributed by atoms with Gasteiger partial charge in [-0.3, -0.25) is 24.7 Å². The van der Waals surface area contributed by atoms with Crippen LogP contribution in [0.3, 0.4) is 0 Å². The molecular formula is C16H19N3O5. The first-order valence-corrected chi connectivity index (χ1v) is 7.42. The van der Waals surface area contributed by atoms with Crippen LogP contribution in [-0.2, 0) is 14.3 Å². The fourth-order valence-corrected chi connectivity index (χ4v) is 2.11. The van der Waals surface area contributed by atoms with Gasteiger partial charge >= 0.3 is 6.09 Å². The Hall–Kier alpha value is -2.90. The molecule has 1 aliphatic rings. The number of benzene rings is 1. The van der Waals surface area contributed by atoms with Crippen LogP contribution >= 0.6 is 0 Å². The largest absolute Gasteiger partial charge is 0.443 e. The second kappa shape index (κ2) is 6.69. The number of hydrogen-bond acceptors (Lipinski definition) is 5. The third-order valence-electron chi connectivity index (χ3n) is 3.12. The van der Waals surface area contributed by atoms with Crippen molar-refractivity contribution >= 4 is 29.5 Å². The SMILES string of the molecule is CC(C)(C)OC(=O)NNC(=O)c1ccc(N2C(=O)CCC2=O)cc1. The quantitative estimate of drug-likeness (QED) is 0.630. The zero-order valence-electron chi connectivity index (χ0n) is 13.7. The number of amides is 4. The van der Waals surface area contributed by atoms with Crippen LogP contribution in [0, 0.1) is 0 Å². The van der Waals surface area contributed by atoms with Crippen molar-refractivity contribution in [3.63, 3.8) is 0 Å². The molecule has 8 heteroatoms. The van der Waals surface area contributed by atoms with Gasteiger partial charge in [-0.25, -0.2) is 10.2 Å². The first kappa shape index (κ1) is 17.5. The van der Waals surface area contributed by atoms with Gasteiger partial charge in [0.2, 0.25) is 11.8 Å². The number of hydrazine groups is 1. The van der Waals surface area contributed by atoms with Crippen LogP contribution in [0.15, 0.2) is 24.3 Å². The smallest absolute Gasteiger partial charge is 0.426 e. The maximum atomic E-state index is 11.9. The van der Waals surface area contributed by atoms with Crippen LogP contribution in [-0.4, -0.2) is 29.4 Å². The minimum atomic E-state index is -0.777. The molecular weight excluding hydrogens is 314 g/mol. The van der Waals surface area contributed by atoms with Gasteiger partial charge in [-0.1, -0.05) is 0 Å². The molecule has 0 atom stereocenters. The highest BCUT2D eigenvalue weighted by molar-refractivity contribution is 6.19. The number of nitrogens with zero attached hydrogens (tertiary/aromatic N) is 1. The summed E-state index contributed by atoms with van der Waals surface area (Å²) >= 11 is 0. The molecule has 1 aliphatic heterocycles. The Kier molecular flexibility index (Phi) is 4.87. The average Bonchev–Trinajstić information content (AvgIpc) is 2.82. The van der Waals surface area contributed by atoms with E-state index in [0.29, 0.717) is 5.69 Å².